The molecule has 3 rings (SSSR count). The van der Waals surface area contributed by atoms with Crippen molar-refractivity contribution in [1.29, 1.82) is 0 Å². The number of hydrogen-bond donors (Lipinski definition) is 2. The lowest BCUT2D eigenvalue weighted by Crippen LogP contribution is -2.28. The summed E-state index contributed by atoms with van der Waals surface area (Å²) in [6, 6.07) is 7.53. The summed E-state index contributed by atoms with van der Waals surface area (Å²) < 4.78 is 23.5. The van der Waals surface area contributed by atoms with Crippen molar-refractivity contribution < 1.29 is 8.42 Å². The van der Waals surface area contributed by atoms with Gasteiger partial charge in [0.25, 0.3) is 0 Å². The summed E-state index contributed by atoms with van der Waals surface area (Å²) in [5, 5.41) is 6.53. The zero-order chi connectivity index (χ0) is 20.3. The zero-order valence-electron chi connectivity index (χ0n) is 16.7. The molecule has 6 nitrogen and oxygen atoms in total. The van der Waals surface area contributed by atoms with Crippen molar-refractivity contribution in [2.45, 2.75) is 43.5 Å². The molecule has 1 aliphatic rings. The molecule has 1 heterocycles. The summed E-state index contributed by atoms with van der Waals surface area (Å²) in [7, 11) is -1.34. The maximum Gasteiger partial charge on any atom is 0.175 e. The van der Waals surface area contributed by atoms with E-state index < -0.39 is 9.84 Å². The number of anilines is 4. The van der Waals surface area contributed by atoms with Gasteiger partial charge >= 0.3 is 0 Å². The van der Waals surface area contributed by atoms with Crippen LogP contribution in [-0.4, -0.2) is 32.7 Å². The first kappa shape index (κ1) is 20.2. The van der Waals surface area contributed by atoms with Crippen molar-refractivity contribution in [3.63, 3.8) is 0 Å². The van der Waals surface area contributed by atoms with Gasteiger partial charge in [-0.2, -0.15) is 0 Å². The molecule has 0 spiro atoms. The summed E-state index contributed by atoms with van der Waals surface area (Å²) in [4.78, 5) is 7.05. The first-order valence-electron chi connectivity index (χ1n) is 9.50. The van der Waals surface area contributed by atoms with Crippen LogP contribution in [0.3, 0.4) is 0 Å². The molecule has 1 aliphatic carbocycles. The third kappa shape index (κ3) is 4.30. The smallest absolute Gasteiger partial charge is 0.175 e. The predicted octanol–water partition coefficient (Wildman–Crippen LogP) is 4.47. The zero-order valence-corrected chi connectivity index (χ0v) is 17.5. The van der Waals surface area contributed by atoms with Gasteiger partial charge < -0.3 is 15.5 Å². The van der Waals surface area contributed by atoms with E-state index in [0.29, 0.717) is 16.8 Å². The highest BCUT2D eigenvalue weighted by atomic mass is 32.2. The fourth-order valence-electron chi connectivity index (χ4n) is 3.69. The minimum absolute atomic E-state index is 0.314. The van der Waals surface area contributed by atoms with Crippen molar-refractivity contribution >= 4 is 32.7 Å². The van der Waals surface area contributed by atoms with Gasteiger partial charge in [-0.1, -0.05) is 19.4 Å². The van der Waals surface area contributed by atoms with Gasteiger partial charge in [0.1, 0.15) is 5.82 Å². The summed E-state index contributed by atoms with van der Waals surface area (Å²) in [6.07, 6.45) is 9.72. The molecule has 0 bridgehead atoms. The second-order valence-corrected chi connectivity index (χ2v) is 9.25. The Balaban J connectivity index is 1.92. The van der Waals surface area contributed by atoms with Crippen molar-refractivity contribution in [3.8, 4) is 0 Å². The minimum Gasteiger partial charge on any atom is -0.385 e. The molecular formula is C21H28N4O2S. The first-order valence-corrected chi connectivity index (χ1v) is 11.4. The van der Waals surface area contributed by atoms with Crippen molar-refractivity contribution in [3.05, 3.63) is 48.8 Å². The molecular weight excluding hydrogens is 372 g/mol. The Kier molecular flexibility index (Phi) is 5.93. The van der Waals surface area contributed by atoms with Gasteiger partial charge in [0.05, 0.1) is 22.5 Å². The van der Waals surface area contributed by atoms with Gasteiger partial charge in [-0.15, -0.1) is 0 Å². The normalized spacial score (nSPS) is 14.7. The molecule has 0 saturated heterocycles. The predicted molar refractivity (Wildman–Crippen MR) is 116 cm³/mol. The third-order valence-electron chi connectivity index (χ3n) is 5.23. The van der Waals surface area contributed by atoms with Crippen LogP contribution in [0.15, 0.2) is 48.1 Å². The maximum absolute atomic E-state index is 11.7. The fourth-order valence-corrected chi connectivity index (χ4v) is 4.40. The molecule has 150 valence electrons. The van der Waals surface area contributed by atoms with Crippen LogP contribution in [0.4, 0.5) is 22.9 Å². The molecule has 0 atom stereocenters. The van der Waals surface area contributed by atoms with E-state index in [1.54, 1.807) is 18.2 Å². The highest BCUT2D eigenvalue weighted by Crippen LogP contribution is 2.35. The summed E-state index contributed by atoms with van der Waals surface area (Å²) >= 11 is 0. The molecule has 1 saturated carbocycles. The Morgan fingerprint density at radius 3 is 2.50 bits per heavy atom. The maximum atomic E-state index is 11.7. The Morgan fingerprint density at radius 1 is 1.21 bits per heavy atom. The Morgan fingerprint density at radius 2 is 1.93 bits per heavy atom. The van der Waals surface area contributed by atoms with Gasteiger partial charge in [-0.25, -0.2) is 13.4 Å². The Bertz CT molecular complexity index is 966. The summed E-state index contributed by atoms with van der Waals surface area (Å²) in [6.45, 7) is 5.90. The Hall–Kier alpha value is -2.54. The molecule has 2 N–H and O–H groups in total. The Labute approximate surface area is 167 Å². The number of nitrogens with zero attached hydrogens (tertiary/aromatic N) is 2. The molecule has 2 aromatic rings. The van der Waals surface area contributed by atoms with Crippen LogP contribution in [0.1, 0.15) is 31.2 Å². The van der Waals surface area contributed by atoms with E-state index in [-0.39, 0.29) is 0 Å². The molecule has 28 heavy (non-hydrogen) atoms. The van der Waals surface area contributed by atoms with Gasteiger partial charge in [0.15, 0.2) is 9.84 Å². The lowest BCUT2D eigenvalue weighted by Gasteiger charge is -2.29. The van der Waals surface area contributed by atoms with Crippen molar-refractivity contribution in [2.24, 2.45) is 0 Å². The van der Waals surface area contributed by atoms with E-state index in [1.165, 1.54) is 19.1 Å². The monoisotopic (exact) mass is 400 g/mol. The van der Waals surface area contributed by atoms with E-state index in [0.717, 1.165) is 35.5 Å². The molecule has 1 aromatic heterocycles. The average molecular weight is 401 g/mol. The number of hydrogen-bond acceptors (Lipinski definition) is 6. The lowest BCUT2D eigenvalue weighted by atomic mass is 10.1. The van der Waals surface area contributed by atoms with Crippen LogP contribution in [0.2, 0.25) is 0 Å². The highest BCUT2D eigenvalue weighted by Gasteiger charge is 2.23. The van der Waals surface area contributed by atoms with Gasteiger partial charge in [0, 0.05) is 31.1 Å². The van der Waals surface area contributed by atoms with Crippen LogP contribution in [0.25, 0.3) is 0 Å². The average Bonchev–Trinajstić information content (AvgIpc) is 3.18. The molecule has 1 aromatic carbocycles. The summed E-state index contributed by atoms with van der Waals surface area (Å²) in [5.41, 5.74) is 3.66. The molecule has 0 radical (unpaired) electrons. The van der Waals surface area contributed by atoms with Crippen molar-refractivity contribution in [1.82, 2.24) is 4.98 Å². The van der Waals surface area contributed by atoms with Crippen molar-refractivity contribution in [2.75, 3.05) is 28.8 Å². The van der Waals surface area contributed by atoms with E-state index in [2.05, 4.69) is 27.1 Å². The number of nitrogens with one attached hydrogen (secondary N) is 2. The second kappa shape index (κ2) is 8.22. The van der Waals surface area contributed by atoms with Crippen LogP contribution >= 0.6 is 0 Å². The molecule has 7 heteroatoms. The van der Waals surface area contributed by atoms with Gasteiger partial charge in [-0.3, -0.25) is 0 Å². The number of aryl methyl sites for hydroxylation is 1. The molecule has 0 amide bonds. The number of benzene rings is 1. The quantitative estimate of drug-likeness (QED) is 0.714. The van der Waals surface area contributed by atoms with E-state index >= 15 is 0 Å². The molecule has 0 unspecified atom stereocenters. The van der Waals surface area contributed by atoms with E-state index in [9.17, 15) is 8.42 Å². The first-order chi connectivity index (χ1) is 13.3. The van der Waals surface area contributed by atoms with E-state index in [4.69, 9.17) is 0 Å². The SMILES string of the molecule is C=CN(c1cc(Nc2ccc(S(C)(=O)=O)cc2C)ncc1NC)C1CCCC1. The fraction of sp³-hybridized carbons (Fsp3) is 0.381. The van der Waals surface area contributed by atoms with E-state index in [1.807, 2.05) is 32.4 Å². The number of aromatic nitrogens is 1. The van der Waals surface area contributed by atoms with Crippen LogP contribution < -0.4 is 15.5 Å². The van der Waals surface area contributed by atoms with Crippen LogP contribution in [0, 0.1) is 6.92 Å². The molecule has 1 fully saturated rings. The third-order valence-corrected chi connectivity index (χ3v) is 6.34. The van der Waals surface area contributed by atoms with Gasteiger partial charge in [-0.05, 0) is 49.7 Å². The highest BCUT2D eigenvalue weighted by molar-refractivity contribution is 7.90. The van der Waals surface area contributed by atoms with Crippen LogP contribution in [0.5, 0.6) is 0 Å². The topological polar surface area (TPSA) is 74.3 Å². The van der Waals surface area contributed by atoms with Gasteiger partial charge in [0.2, 0.25) is 0 Å². The minimum atomic E-state index is -3.22. The largest absolute Gasteiger partial charge is 0.385 e. The standard InChI is InChI=1S/C21H28N4O2S/c1-5-25(16-8-6-7-9-16)20-13-21(23-14-19(20)22-3)24-18-11-10-17(12-15(18)2)28(4,26)27/h5,10-14,16,22H,1,6-9H2,2-4H3,(H,23,24). The number of sulfone groups is 1. The second-order valence-electron chi connectivity index (χ2n) is 7.24. The van der Waals surface area contributed by atoms with Crippen LogP contribution in [-0.2, 0) is 9.84 Å². The summed E-state index contributed by atoms with van der Waals surface area (Å²) in [5.74, 6) is 0.703. The lowest BCUT2D eigenvalue weighted by molar-refractivity contribution is 0.602. The number of pyridine rings is 1. The molecule has 0 aliphatic heterocycles. The number of rotatable bonds is 7.